The van der Waals surface area contributed by atoms with E-state index < -0.39 is 29.3 Å². The molecule has 1 amide bonds. The molecule has 1 fully saturated rings. The van der Waals surface area contributed by atoms with E-state index in [0.29, 0.717) is 23.7 Å². The largest absolute Gasteiger partial charge is 0.490 e. The smallest absolute Gasteiger partial charge is 0.475 e. The molecule has 1 aliphatic rings. The number of likely N-dealkylation sites (N-methyl/N-ethyl adjacent to an activating group) is 1. The summed E-state index contributed by atoms with van der Waals surface area (Å²) in [5, 5.41) is 12.9. The zero-order valence-corrected chi connectivity index (χ0v) is 19.8. The predicted octanol–water partition coefficient (Wildman–Crippen LogP) is -0.348. The molecule has 35 heavy (non-hydrogen) atoms. The number of carboxylic acids is 1. The molecule has 0 radical (unpaired) electrons. The summed E-state index contributed by atoms with van der Waals surface area (Å²) in [5.41, 5.74) is 0.720. The van der Waals surface area contributed by atoms with Crippen molar-refractivity contribution in [1.82, 2.24) is 29.3 Å². The number of imidazole rings is 1. The first-order valence-corrected chi connectivity index (χ1v) is 10.6. The van der Waals surface area contributed by atoms with Gasteiger partial charge in [-0.15, -0.1) is 0 Å². The molecule has 1 aliphatic heterocycles. The van der Waals surface area contributed by atoms with Crippen LogP contribution < -0.4 is 26.8 Å². The Hall–Kier alpha value is -3.62. The second-order valence-corrected chi connectivity index (χ2v) is 7.92. The summed E-state index contributed by atoms with van der Waals surface area (Å²) in [6.45, 7) is 7.29. The first kappa shape index (κ1) is 27.6. The van der Waals surface area contributed by atoms with Crippen molar-refractivity contribution in [2.45, 2.75) is 33.1 Å². The number of hydrogen-bond acceptors (Lipinski definition) is 7. The number of fused-ring (bicyclic) bond motifs is 1. The van der Waals surface area contributed by atoms with Gasteiger partial charge >= 0.3 is 17.8 Å². The fraction of sp³-hybridized carbons (Fsp3) is 0.550. The summed E-state index contributed by atoms with van der Waals surface area (Å²) in [5.74, 6) is -2.50. The molecule has 0 spiro atoms. The summed E-state index contributed by atoms with van der Waals surface area (Å²) in [7, 11) is 3.04. The summed E-state index contributed by atoms with van der Waals surface area (Å²) in [6.07, 6.45) is -3.07. The number of anilines is 1. The standard InChI is InChI=1S/C18H27N7O3.C2HF3O2/c1-12(2)5-8-24-14-15(21-17(24)23-9-6-20-7-10-23)22(4)18(28)25(16(14)27)11-13(26)19-3;3-2(4,5)1(6)7/h5,20H,6-11H2,1-4H3,(H,19,26);(H,6,7). The SMILES string of the molecule is CNC(=O)Cn1c(=O)c2c(nc(N3CCNCC3)n2CC=C(C)C)n(C)c1=O.O=C(O)C(F)(F)F. The topological polar surface area (TPSA) is 143 Å². The first-order valence-electron chi connectivity index (χ1n) is 10.6. The normalized spacial score (nSPS) is 13.7. The molecule has 3 rings (SSSR count). The minimum Gasteiger partial charge on any atom is -0.475 e. The molecule has 2 aromatic heterocycles. The number of amides is 1. The number of alkyl halides is 3. The molecule has 0 atom stereocenters. The molecule has 0 unspecified atom stereocenters. The number of aryl methyl sites for hydroxylation is 1. The highest BCUT2D eigenvalue weighted by molar-refractivity contribution is 5.77. The lowest BCUT2D eigenvalue weighted by molar-refractivity contribution is -0.192. The number of nitrogens with zero attached hydrogens (tertiary/aromatic N) is 5. The van der Waals surface area contributed by atoms with Gasteiger partial charge in [0, 0.05) is 46.8 Å². The zero-order valence-electron chi connectivity index (χ0n) is 19.8. The van der Waals surface area contributed by atoms with Crippen molar-refractivity contribution in [3.63, 3.8) is 0 Å². The van der Waals surface area contributed by atoms with Crippen molar-refractivity contribution in [3.8, 4) is 0 Å². The van der Waals surface area contributed by atoms with E-state index in [1.807, 2.05) is 24.5 Å². The number of aromatic nitrogens is 4. The monoisotopic (exact) mass is 503 g/mol. The van der Waals surface area contributed by atoms with Crippen LogP contribution in [0.25, 0.3) is 11.2 Å². The van der Waals surface area contributed by atoms with E-state index in [1.54, 1.807) is 7.05 Å². The number of carbonyl (C=O) groups is 2. The number of carbonyl (C=O) groups excluding carboxylic acids is 1. The fourth-order valence-corrected chi connectivity index (χ4v) is 3.28. The van der Waals surface area contributed by atoms with Crippen molar-refractivity contribution < 1.29 is 27.9 Å². The quantitative estimate of drug-likeness (QED) is 0.470. The number of carboxylic acid groups (broad SMARTS) is 1. The van der Waals surface area contributed by atoms with Gasteiger partial charge in [-0.05, 0) is 13.8 Å². The van der Waals surface area contributed by atoms with Crippen LogP contribution >= 0.6 is 0 Å². The maximum Gasteiger partial charge on any atom is 0.490 e. The lowest BCUT2D eigenvalue weighted by Crippen LogP contribution is -2.44. The Labute approximate surface area is 197 Å². The van der Waals surface area contributed by atoms with Crippen molar-refractivity contribution in [1.29, 1.82) is 0 Å². The van der Waals surface area contributed by atoms with Gasteiger partial charge in [0.2, 0.25) is 11.9 Å². The Balaban J connectivity index is 0.000000540. The summed E-state index contributed by atoms with van der Waals surface area (Å²) < 4.78 is 35.9. The molecule has 0 aliphatic carbocycles. The number of hydrogen-bond donors (Lipinski definition) is 3. The van der Waals surface area contributed by atoms with Gasteiger partial charge in [-0.3, -0.25) is 14.2 Å². The van der Waals surface area contributed by atoms with Gasteiger partial charge in [-0.2, -0.15) is 18.2 Å². The Morgan fingerprint density at radius 3 is 2.23 bits per heavy atom. The minimum atomic E-state index is -5.08. The average Bonchev–Trinajstić information content (AvgIpc) is 3.19. The Bertz CT molecular complexity index is 1230. The van der Waals surface area contributed by atoms with Crippen molar-refractivity contribution in [3.05, 3.63) is 32.5 Å². The van der Waals surface area contributed by atoms with Crippen LogP contribution in [0.4, 0.5) is 19.1 Å². The summed E-state index contributed by atoms with van der Waals surface area (Å²) >= 11 is 0. The van der Waals surface area contributed by atoms with Crippen LogP contribution in [0, 0.1) is 0 Å². The van der Waals surface area contributed by atoms with E-state index in [2.05, 4.69) is 20.5 Å². The average molecular weight is 503 g/mol. The molecule has 1 saturated heterocycles. The van der Waals surface area contributed by atoms with Gasteiger partial charge in [0.15, 0.2) is 11.2 Å². The second-order valence-electron chi connectivity index (χ2n) is 7.92. The third kappa shape index (κ3) is 6.49. The van der Waals surface area contributed by atoms with Crippen LogP contribution in [0.5, 0.6) is 0 Å². The van der Waals surface area contributed by atoms with Gasteiger partial charge in [-0.25, -0.2) is 14.2 Å². The third-order valence-electron chi connectivity index (χ3n) is 5.12. The second kappa shape index (κ2) is 11.2. The van der Waals surface area contributed by atoms with Crippen LogP contribution in [-0.2, 0) is 29.7 Å². The van der Waals surface area contributed by atoms with Crippen LogP contribution in [0.3, 0.4) is 0 Å². The van der Waals surface area contributed by atoms with E-state index in [4.69, 9.17) is 9.90 Å². The maximum absolute atomic E-state index is 13.2. The van der Waals surface area contributed by atoms with Crippen LogP contribution in [0.15, 0.2) is 21.2 Å². The van der Waals surface area contributed by atoms with Crippen LogP contribution in [0.2, 0.25) is 0 Å². The number of halogens is 3. The van der Waals surface area contributed by atoms with E-state index in [9.17, 15) is 27.6 Å². The first-order chi connectivity index (χ1) is 16.3. The van der Waals surface area contributed by atoms with Crippen LogP contribution in [-0.4, -0.2) is 75.1 Å². The summed E-state index contributed by atoms with van der Waals surface area (Å²) in [4.78, 5) is 53.3. The van der Waals surface area contributed by atoms with E-state index in [1.165, 1.54) is 11.6 Å². The van der Waals surface area contributed by atoms with Crippen molar-refractivity contribution in [2.24, 2.45) is 7.05 Å². The molecule has 3 N–H and O–H groups in total. The number of rotatable bonds is 5. The minimum absolute atomic E-state index is 0.325. The van der Waals surface area contributed by atoms with Gasteiger partial charge in [0.1, 0.15) is 6.54 Å². The van der Waals surface area contributed by atoms with Gasteiger partial charge < -0.3 is 25.2 Å². The molecule has 0 bridgehead atoms. The number of allylic oxidation sites excluding steroid dienone is 2. The number of nitrogens with one attached hydrogen (secondary N) is 2. The third-order valence-corrected chi connectivity index (χ3v) is 5.12. The van der Waals surface area contributed by atoms with E-state index in [0.717, 1.165) is 36.3 Å². The Kier molecular flexibility index (Phi) is 8.84. The maximum atomic E-state index is 13.2. The van der Waals surface area contributed by atoms with Gasteiger partial charge in [-0.1, -0.05) is 11.6 Å². The predicted molar refractivity (Wildman–Crippen MR) is 122 cm³/mol. The van der Waals surface area contributed by atoms with Crippen molar-refractivity contribution in [2.75, 3.05) is 38.1 Å². The summed E-state index contributed by atoms with van der Waals surface area (Å²) in [6, 6.07) is 0. The number of piperazine rings is 1. The Morgan fingerprint density at radius 1 is 1.17 bits per heavy atom. The molecule has 194 valence electrons. The molecule has 2 aromatic rings. The molecule has 0 aromatic carbocycles. The highest BCUT2D eigenvalue weighted by atomic mass is 19.4. The van der Waals surface area contributed by atoms with E-state index >= 15 is 0 Å². The highest BCUT2D eigenvalue weighted by Gasteiger charge is 2.38. The number of aliphatic carboxylic acids is 1. The van der Waals surface area contributed by atoms with E-state index in [-0.39, 0.29) is 6.54 Å². The van der Waals surface area contributed by atoms with Crippen LogP contribution in [0.1, 0.15) is 13.8 Å². The molecular formula is C20H28F3N7O5. The van der Waals surface area contributed by atoms with Crippen molar-refractivity contribution >= 4 is 29.0 Å². The Morgan fingerprint density at radius 2 is 1.74 bits per heavy atom. The molecule has 15 heteroatoms. The molecule has 0 saturated carbocycles. The lowest BCUT2D eigenvalue weighted by atomic mass is 10.3. The molecular weight excluding hydrogens is 475 g/mol. The zero-order chi connectivity index (χ0) is 26.5. The lowest BCUT2D eigenvalue weighted by Gasteiger charge is -2.28. The highest BCUT2D eigenvalue weighted by Crippen LogP contribution is 2.20. The fourth-order valence-electron chi connectivity index (χ4n) is 3.28. The molecule has 12 nitrogen and oxygen atoms in total. The van der Waals surface area contributed by atoms with Gasteiger partial charge in [0.05, 0.1) is 0 Å². The van der Waals surface area contributed by atoms with Gasteiger partial charge in [0.25, 0.3) is 5.56 Å². The molecule has 3 heterocycles.